The number of hydrogen-bond acceptors (Lipinski definition) is 2. The summed E-state index contributed by atoms with van der Waals surface area (Å²) in [4.78, 5) is 13.9. The van der Waals surface area contributed by atoms with Gasteiger partial charge in [0.1, 0.15) is 0 Å². The van der Waals surface area contributed by atoms with E-state index in [1.807, 2.05) is 0 Å². The molecular weight excluding hydrogens is 200 g/mol. The highest BCUT2D eigenvalue weighted by Gasteiger charge is 2.31. The molecular formula is C13H26N2O. The summed E-state index contributed by atoms with van der Waals surface area (Å²) in [5.74, 6) is 1.56. The number of amides is 1. The molecule has 0 aromatic carbocycles. The molecule has 1 unspecified atom stereocenters. The Kier molecular flexibility index (Phi) is 5.26. The number of nitrogens with one attached hydrogen (secondary N) is 1. The normalized spacial score (nSPS) is 21.5. The highest BCUT2D eigenvalue weighted by molar-refractivity contribution is 5.80. The average molecular weight is 226 g/mol. The Morgan fingerprint density at radius 2 is 2.00 bits per heavy atom. The molecule has 1 heterocycles. The molecule has 1 amide bonds. The van der Waals surface area contributed by atoms with Crippen molar-refractivity contribution in [2.45, 2.75) is 53.1 Å². The van der Waals surface area contributed by atoms with E-state index in [-0.39, 0.29) is 12.1 Å². The van der Waals surface area contributed by atoms with E-state index < -0.39 is 0 Å². The summed E-state index contributed by atoms with van der Waals surface area (Å²) >= 11 is 0. The molecule has 1 fully saturated rings. The van der Waals surface area contributed by atoms with Crippen LogP contribution in [-0.4, -0.2) is 30.1 Å². The predicted octanol–water partition coefficient (Wildman–Crippen LogP) is 2.23. The molecule has 3 heteroatoms. The molecule has 16 heavy (non-hydrogen) atoms. The van der Waals surface area contributed by atoms with Gasteiger partial charge < -0.3 is 4.90 Å². The van der Waals surface area contributed by atoms with Crippen LogP contribution in [0.4, 0.5) is 0 Å². The van der Waals surface area contributed by atoms with Gasteiger partial charge in [-0.3, -0.25) is 10.1 Å². The Bertz CT molecular complexity index is 224. The zero-order chi connectivity index (χ0) is 12.1. The second-order valence-corrected chi connectivity index (χ2v) is 5.25. The lowest BCUT2D eigenvalue weighted by Crippen LogP contribution is -2.41. The topological polar surface area (TPSA) is 32.3 Å². The largest absolute Gasteiger partial charge is 0.326 e. The first kappa shape index (κ1) is 13.5. The summed E-state index contributed by atoms with van der Waals surface area (Å²) in [5.41, 5.74) is 0. The SMILES string of the molecule is CCC(CC)CN1C(=O)CNC1CC(C)C. The van der Waals surface area contributed by atoms with Gasteiger partial charge in [-0.15, -0.1) is 0 Å². The van der Waals surface area contributed by atoms with Gasteiger partial charge in [-0.05, 0) is 18.3 Å². The minimum absolute atomic E-state index is 0.271. The van der Waals surface area contributed by atoms with E-state index in [1.165, 1.54) is 0 Å². The van der Waals surface area contributed by atoms with Crippen molar-refractivity contribution in [1.82, 2.24) is 10.2 Å². The zero-order valence-corrected chi connectivity index (χ0v) is 11.1. The van der Waals surface area contributed by atoms with E-state index in [1.54, 1.807) is 0 Å². The molecule has 3 nitrogen and oxygen atoms in total. The molecule has 0 saturated carbocycles. The van der Waals surface area contributed by atoms with E-state index in [9.17, 15) is 4.79 Å². The van der Waals surface area contributed by atoms with Crippen molar-refractivity contribution in [3.8, 4) is 0 Å². The van der Waals surface area contributed by atoms with Crippen LogP contribution in [0.15, 0.2) is 0 Å². The number of carbonyl (C=O) groups excluding carboxylic acids is 1. The summed E-state index contributed by atoms with van der Waals surface area (Å²) in [7, 11) is 0. The van der Waals surface area contributed by atoms with Crippen LogP contribution in [0.2, 0.25) is 0 Å². The van der Waals surface area contributed by atoms with E-state index in [4.69, 9.17) is 0 Å². The minimum atomic E-state index is 0.271. The third-order valence-electron chi connectivity index (χ3n) is 3.49. The fraction of sp³-hybridized carbons (Fsp3) is 0.923. The smallest absolute Gasteiger partial charge is 0.237 e. The van der Waals surface area contributed by atoms with Gasteiger partial charge in [0, 0.05) is 6.54 Å². The van der Waals surface area contributed by atoms with Crippen molar-refractivity contribution in [3.63, 3.8) is 0 Å². The van der Waals surface area contributed by atoms with Crippen molar-refractivity contribution in [3.05, 3.63) is 0 Å². The molecule has 1 saturated heterocycles. The van der Waals surface area contributed by atoms with Crippen LogP contribution in [0.3, 0.4) is 0 Å². The van der Waals surface area contributed by atoms with Crippen LogP contribution >= 0.6 is 0 Å². The van der Waals surface area contributed by atoms with Crippen LogP contribution in [0.1, 0.15) is 47.0 Å². The molecule has 1 atom stereocenters. The molecule has 0 aliphatic carbocycles. The fourth-order valence-electron chi connectivity index (χ4n) is 2.30. The first-order valence-electron chi connectivity index (χ1n) is 6.61. The van der Waals surface area contributed by atoms with E-state index in [2.05, 4.69) is 37.9 Å². The number of rotatable bonds is 6. The molecule has 0 radical (unpaired) electrons. The standard InChI is InChI=1S/C13H26N2O/c1-5-11(6-2)9-15-12(7-10(3)4)14-8-13(15)16/h10-12,14H,5-9H2,1-4H3. The molecule has 1 aliphatic rings. The van der Waals surface area contributed by atoms with Gasteiger partial charge in [0.05, 0.1) is 12.7 Å². The second kappa shape index (κ2) is 6.24. The monoisotopic (exact) mass is 226 g/mol. The number of hydrogen-bond donors (Lipinski definition) is 1. The maximum Gasteiger partial charge on any atom is 0.237 e. The van der Waals surface area contributed by atoms with E-state index >= 15 is 0 Å². The lowest BCUT2D eigenvalue weighted by atomic mass is 10.0. The first-order valence-corrected chi connectivity index (χ1v) is 6.61. The maximum absolute atomic E-state index is 11.8. The van der Waals surface area contributed by atoms with Crippen LogP contribution in [0.25, 0.3) is 0 Å². The van der Waals surface area contributed by atoms with Gasteiger partial charge in [0.15, 0.2) is 0 Å². The van der Waals surface area contributed by atoms with Crippen molar-refractivity contribution >= 4 is 5.91 Å². The summed E-state index contributed by atoms with van der Waals surface area (Å²) in [5, 5.41) is 3.32. The average Bonchev–Trinajstić information content (AvgIpc) is 2.56. The van der Waals surface area contributed by atoms with Gasteiger partial charge >= 0.3 is 0 Å². The highest BCUT2D eigenvalue weighted by Crippen LogP contribution is 2.18. The quantitative estimate of drug-likeness (QED) is 0.753. The lowest BCUT2D eigenvalue weighted by molar-refractivity contribution is -0.128. The van der Waals surface area contributed by atoms with Gasteiger partial charge in [0.2, 0.25) is 5.91 Å². The molecule has 0 aromatic rings. The summed E-state index contributed by atoms with van der Waals surface area (Å²) in [6.07, 6.45) is 3.66. The Labute approximate surface area is 99.6 Å². The van der Waals surface area contributed by atoms with Crippen LogP contribution in [0, 0.1) is 11.8 Å². The summed E-state index contributed by atoms with van der Waals surface area (Å²) in [6.45, 7) is 10.3. The van der Waals surface area contributed by atoms with Crippen molar-refractivity contribution in [2.24, 2.45) is 11.8 Å². The maximum atomic E-state index is 11.8. The van der Waals surface area contributed by atoms with Crippen molar-refractivity contribution in [1.29, 1.82) is 0 Å². The Morgan fingerprint density at radius 1 is 1.38 bits per heavy atom. The number of carbonyl (C=O) groups is 1. The third-order valence-corrected chi connectivity index (χ3v) is 3.49. The third kappa shape index (κ3) is 3.48. The fourth-order valence-corrected chi connectivity index (χ4v) is 2.30. The second-order valence-electron chi connectivity index (χ2n) is 5.25. The Balaban J connectivity index is 2.55. The van der Waals surface area contributed by atoms with Crippen LogP contribution in [-0.2, 0) is 4.79 Å². The molecule has 1 aliphatic heterocycles. The van der Waals surface area contributed by atoms with E-state index in [0.29, 0.717) is 18.4 Å². The molecule has 0 bridgehead atoms. The molecule has 1 rings (SSSR count). The molecule has 0 aromatic heterocycles. The van der Waals surface area contributed by atoms with Crippen molar-refractivity contribution in [2.75, 3.05) is 13.1 Å². The number of nitrogens with zero attached hydrogens (tertiary/aromatic N) is 1. The Hall–Kier alpha value is -0.570. The van der Waals surface area contributed by atoms with Crippen molar-refractivity contribution < 1.29 is 4.79 Å². The van der Waals surface area contributed by atoms with Crippen LogP contribution in [0.5, 0.6) is 0 Å². The van der Waals surface area contributed by atoms with Gasteiger partial charge in [0.25, 0.3) is 0 Å². The summed E-state index contributed by atoms with van der Waals surface area (Å²) < 4.78 is 0. The molecule has 94 valence electrons. The molecule has 1 N–H and O–H groups in total. The van der Waals surface area contributed by atoms with E-state index in [0.717, 1.165) is 25.8 Å². The first-order chi connectivity index (χ1) is 7.58. The van der Waals surface area contributed by atoms with Crippen LogP contribution < -0.4 is 5.32 Å². The minimum Gasteiger partial charge on any atom is -0.326 e. The Morgan fingerprint density at radius 3 is 2.50 bits per heavy atom. The predicted molar refractivity (Wildman–Crippen MR) is 67.0 cm³/mol. The lowest BCUT2D eigenvalue weighted by Gasteiger charge is -2.29. The molecule has 0 spiro atoms. The highest BCUT2D eigenvalue weighted by atomic mass is 16.2. The van der Waals surface area contributed by atoms with Gasteiger partial charge in [-0.2, -0.15) is 0 Å². The summed E-state index contributed by atoms with van der Waals surface area (Å²) in [6, 6.07) is 0. The zero-order valence-electron chi connectivity index (χ0n) is 11.1. The van der Waals surface area contributed by atoms with Gasteiger partial charge in [-0.1, -0.05) is 40.5 Å². The van der Waals surface area contributed by atoms with Gasteiger partial charge in [-0.25, -0.2) is 0 Å².